The Morgan fingerprint density at radius 3 is 1.35 bits per heavy atom. The third-order valence-corrected chi connectivity index (χ3v) is 26.7. The number of unbranched alkanes of at least 4 members (excludes halogenated alkanes) is 8. The van der Waals surface area contributed by atoms with Gasteiger partial charge in [-0.15, -0.1) is 0 Å². The number of rotatable bonds is 17. The van der Waals surface area contributed by atoms with Crippen molar-refractivity contribution in [2.45, 2.75) is 200 Å². The molecule has 0 N–H and O–H groups in total. The fourth-order valence-electron chi connectivity index (χ4n) is 21.1. The molecule has 0 spiro atoms. The molecule has 0 aliphatic heterocycles. The maximum absolute atomic E-state index is 7.25. The minimum atomic E-state index is -0.389. The highest BCUT2D eigenvalue weighted by Crippen LogP contribution is 2.65. The lowest BCUT2D eigenvalue weighted by atomic mass is 9.70. The van der Waals surface area contributed by atoms with Crippen LogP contribution in [0, 0.1) is 0 Å². The summed E-state index contributed by atoms with van der Waals surface area (Å²) in [6.07, 6.45) is 15.4. The van der Waals surface area contributed by atoms with Crippen molar-refractivity contribution in [1.29, 1.82) is 0 Å². The molecule has 19 rings (SSSR count). The molecule has 0 saturated heterocycles. The molecule has 3 nitrogen and oxygen atoms in total. The first-order valence-electron chi connectivity index (χ1n) is 40.0. The van der Waals surface area contributed by atoms with Crippen molar-refractivity contribution in [3.63, 3.8) is 0 Å². The van der Waals surface area contributed by atoms with Crippen molar-refractivity contribution >= 4 is 60.9 Å². The van der Waals surface area contributed by atoms with Crippen LogP contribution in [0.1, 0.15) is 228 Å². The Balaban J connectivity index is 0.706. The second-order valence-corrected chi connectivity index (χ2v) is 35.3. The summed E-state index contributed by atoms with van der Waals surface area (Å²) in [5, 5.41) is 4.74. The SMILES string of the molecule is CCCCCCCC1(CCCCCCC)c2ccccc2-c2ccc(-c3ccc4c(c3)C(C)(C)c3cc(-c5cc6c(c7c5oc5ccccc57)-c5ccc(N(c7ccc(C(C)(C)C)cc7)c7ccc8c(c7)C(C)(C)c7c9c(c%10c(oc%11ccccc%11%10)c7-8)-c7ccccc7C9(C)C)cc5C6(C)C)ccc3-4)cc21. The lowest BCUT2D eigenvalue weighted by Crippen LogP contribution is -2.25. The van der Waals surface area contributed by atoms with Gasteiger partial charge in [-0.25, -0.2) is 0 Å². The van der Waals surface area contributed by atoms with Crippen molar-refractivity contribution in [2.75, 3.05) is 4.90 Å². The Hall–Kier alpha value is -9.96. The van der Waals surface area contributed by atoms with Gasteiger partial charge in [-0.1, -0.05) is 300 Å². The monoisotopic (exact) mass is 1380 g/mol. The van der Waals surface area contributed by atoms with Gasteiger partial charge in [0.1, 0.15) is 22.3 Å². The number of hydrogen-bond donors (Lipinski definition) is 0. The molecule has 0 radical (unpaired) electrons. The maximum atomic E-state index is 7.25. The molecule has 0 bridgehead atoms. The zero-order valence-electron chi connectivity index (χ0n) is 64.5. The van der Waals surface area contributed by atoms with Crippen LogP contribution < -0.4 is 4.90 Å². The molecule has 106 heavy (non-hydrogen) atoms. The molecule has 0 amide bonds. The van der Waals surface area contributed by atoms with Crippen molar-refractivity contribution < 1.29 is 8.83 Å². The third-order valence-electron chi connectivity index (χ3n) is 26.7. The van der Waals surface area contributed by atoms with E-state index < -0.39 is 0 Å². The summed E-state index contributed by atoms with van der Waals surface area (Å²) in [5.41, 5.74) is 39.4. The Kier molecular flexibility index (Phi) is 15.1. The molecule has 0 saturated carbocycles. The summed E-state index contributed by atoms with van der Waals surface area (Å²) in [7, 11) is 0. The van der Waals surface area contributed by atoms with Crippen LogP contribution in [0.25, 0.3) is 122 Å². The Bertz CT molecular complexity index is 5970. The fourth-order valence-corrected chi connectivity index (χ4v) is 21.1. The van der Waals surface area contributed by atoms with E-state index in [1.165, 1.54) is 216 Å². The molecular formula is C103H99NO2. The Morgan fingerprint density at radius 2 is 0.736 bits per heavy atom. The molecule has 12 aromatic carbocycles. The van der Waals surface area contributed by atoms with Crippen LogP contribution >= 0.6 is 0 Å². The summed E-state index contributed by atoms with van der Waals surface area (Å²) >= 11 is 0. The minimum absolute atomic E-state index is 0.00916. The zero-order valence-corrected chi connectivity index (χ0v) is 64.5. The van der Waals surface area contributed by atoms with E-state index in [0.717, 1.165) is 50.3 Å². The molecule has 14 aromatic rings. The lowest BCUT2D eigenvalue weighted by Gasteiger charge is -2.33. The van der Waals surface area contributed by atoms with Crippen LogP contribution in [0.3, 0.4) is 0 Å². The van der Waals surface area contributed by atoms with Crippen molar-refractivity contribution in [3.05, 3.63) is 280 Å². The first kappa shape index (κ1) is 66.7. The third kappa shape index (κ3) is 9.61. The summed E-state index contributed by atoms with van der Waals surface area (Å²) in [4.78, 5) is 2.53. The van der Waals surface area contributed by atoms with Crippen molar-refractivity contribution in [1.82, 2.24) is 0 Å². The average molecular weight is 1380 g/mol. The van der Waals surface area contributed by atoms with Gasteiger partial charge in [0.25, 0.3) is 0 Å². The first-order chi connectivity index (χ1) is 51.1. The van der Waals surface area contributed by atoms with E-state index in [0.29, 0.717) is 0 Å². The zero-order chi connectivity index (χ0) is 72.7. The summed E-state index contributed by atoms with van der Waals surface area (Å²) in [6, 6.07) is 84.8. The van der Waals surface area contributed by atoms with Crippen LogP contribution in [0.2, 0.25) is 0 Å². The second kappa shape index (κ2) is 24.0. The molecule has 5 aliphatic rings. The van der Waals surface area contributed by atoms with E-state index >= 15 is 0 Å². The molecule has 3 heteroatoms. The average Bonchev–Trinajstić information content (AvgIpc) is 1.45. The van der Waals surface area contributed by atoms with Gasteiger partial charge in [-0.2, -0.15) is 0 Å². The van der Waals surface area contributed by atoms with E-state index in [4.69, 9.17) is 8.83 Å². The molecule has 2 aromatic heterocycles. The van der Waals surface area contributed by atoms with E-state index in [-0.39, 0.29) is 32.5 Å². The molecule has 528 valence electrons. The minimum Gasteiger partial charge on any atom is -0.455 e. The van der Waals surface area contributed by atoms with Crippen LogP contribution in [0.5, 0.6) is 0 Å². The van der Waals surface area contributed by atoms with Gasteiger partial charge in [0.15, 0.2) is 0 Å². The van der Waals surface area contributed by atoms with E-state index in [9.17, 15) is 0 Å². The Labute approximate surface area is 627 Å². The number of hydrogen-bond acceptors (Lipinski definition) is 3. The topological polar surface area (TPSA) is 29.5 Å². The van der Waals surface area contributed by atoms with Gasteiger partial charge in [0.05, 0.1) is 0 Å². The van der Waals surface area contributed by atoms with E-state index in [1.54, 1.807) is 11.1 Å². The van der Waals surface area contributed by atoms with Crippen molar-refractivity contribution in [3.8, 4) is 77.9 Å². The van der Waals surface area contributed by atoms with Gasteiger partial charge in [-0.05, 0) is 219 Å². The predicted octanol–water partition coefficient (Wildman–Crippen LogP) is 29.8. The number of benzene rings is 12. The van der Waals surface area contributed by atoms with Crippen LogP contribution in [-0.2, 0) is 32.5 Å². The van der Waals surface area contributed by atoms with E-state index in [1.807, 2.05) is 0 Å². The largest absolute Gasteiger partial charge is 0.455 e. The molecule has 0 unspecified atom stereocenters. The highest BCUT2D eigenvalue weighted by molar-refractivity contribution is 6.22. The van der Waals surface area contributed by atoms with Gasteiger partial charge in [-0.3, -0.25) is 0 Å². The molecular weight excluding hydrogens is 1280 g/mol. The number of nitrogens with zero attached hydrogens (tertiary/aromatic N) is 1. The Morgan fingerprint density at radius 1 is 0.311 bits per heavy atom. The molecule has 0 atom stereocenters. The van der Waals surface area contributed by atoms with E-state index in [2.05, 4.69) is 313 Å². The number of fused-ring (bicyclic) bond motifs is 25. The standard InChI is InChI=1S/C103H99NO2/c1-14-16-18-20-30-54-103(55-31-21-19-17-15-2)80-37-27-22-32-69(80)72-50-41-63(57-85(72)103)62-40-49-70-71-51-42-64(58-82(71)99(6,7)81(70)56-62)78-61-86-89(91-76-34-24-28-38-87(76)105-96(78)91)74-52-47-67(59-83(74)100(86,8)9)104(66-45-43-65(44-46-66)98(3,4)5)68-48-53-75-84(60-68)102(12,13)95-93(75)97-92(77-35-25-29-39-88(77)106-97)90-73-33-23-26-36-79(73)101(10,11)94(90)95/h22-29,32-53,56-61H,14-21,30-31,54-55H2,1-13H3. The normalized spacial score (nSPS) is 15.9. The van der Waals surface area contributed by atoms with Crippen LogP contribution in [0.4, 0.5) is 17.1 Å². The van der Waals surface area contributed by atoms with Gasteiger partial charge in [0.2, 0.25) is 0 Å². The molecule has 2 heterocycles. The molecule has 5 aliphatic carbocycles. The van der Waals surface area contributed by atoms with Crippen LogP contribution in [-0.4, -0.2) is 0 Å². The van der Waals surface area contributed by atoms with Gasteiger partial charge >= 0.3 is 0 Å². The fraction of sp³-hybridized carbons (Fsp3) is 0.301. The molecule has 0 fully saturated rings. The predicted molar refractivity (Wildman–Crippen MR) is 448 cm³/mol. The van der Waals surface area contributed by atoms with Gasteiger partial charge < -0.3 is 13.7 Å². The van der Waals surface area contributed by atoms with Crippen molar-refractivity contribution in [2.24, 2.45) is 0 Å². The quantitative estimate of drug-likeness (QED) is 0.0851. The number of para-hydroxylation sites is 2. The second-order valence-electron chi connectivity index (χ2n) is 35.3. The van der Waals surface area contributed by atoms with Crippen LogP contribution in [0.15, 0.2) is 227 Å². The van der Waals surface area contributed by atoms with Gasteiger partial charge in [0, 0.05) is 76.8 Å². The number of anilines is 3. The first-order valence-corrected chi connectivity index (χ1v) is 40.0. The maximum Gasteiger partial charge on any atom is 0.144 e. The number of furan rings is 2. The summed E-state index contributed by atoms with van der Waals surface area (Å²) < 4.78 is 14.4. The summed E-state index contributed by atoms with van der Waals surface area (Å²) in [6.45, 7) is 31.2. The highest BCUT2D eigenvalue weighted by atomic mass is 16.3. The summed E-state index contributed by atoms with van der Waals surface area (Å²) in [5.74, 6) is 0. The lowest BCUT2D eigenvalue weighted by molar-refractivity contribution is 0.399. The highest BCUT2D eigenvalue weighted by Gasteiger charge is 2.50. The smallest absolute Gasteiger partial charge is 0.144 e.